The Hall–Kier alpha value is 0.190. The quantitative estimate of drug-likeness (QED) is 0.549. The summed E-state index contributed by atoms with van der Waals surface area (Å²) in [6.45, 7) is 0. The Morgan fingerprint density at radius 2 is 1.53 bits per heavy atom. The lowest BCUT2D eigenvalue weighted by Crippen LogP contribution is -2.07. The molecule has 0 radical (unpaired) electrons. The molecule has 0 spiro atoms. The fraction of sp³-hybridized carbons (Fsp3) is 0.143. The average Bonchev–Trinajstić information content (AvgIpc) is 2.09. The Morgan fingerprint density at radius 1 is 1.07 bits per heavy atom. The molecule has 0 aliphatic rings. The Labute approximate surface area is 103 Å². The zero-order valence-corrected chi connectivity index (χ0v) is 9.82. The Kier molecular flexibility index (Phi) is 4.43. The molecule has 0 heterocycles. The smallest absolute Gasteiger partial charge is 0.215 e. The maximum atomic E-state index is 11.7. The second-order valence-electron chi connectivity index (χ2n) is 2.31. The van der Waals surface area contributed by atoms with Gasteiger partial charge in [0.2, 0.25) is 0 Å². The van der Waals surface area contributed by atoms with Crippen LogP contribution in [0.3, 0.4) is 0 Å². The molecule has 0 aliphatic carbocycles. The molecule has 15 heavy (non-hydrogen) atoms. The van der Waals surface area contributed by atoms with Crippen molar-refractivity contribution in [3.05, 3.63) is 27.2 Å². The van der Waals surface area contributed by atoms with E-state index < -0.39 is 6.36 Å². The van der Waals surface area contributed by atoms with Gasteiger partial charge in [0, 0.05) is 16.9 Å². The van der Waals surface area contributed by atoms with Crippen molar-refractivity contribution < 1.29 is 17.4 Å². The number of rotatable bonds is 2. The van der Waals surface area contributed by atoms with E-state index in [0.29, 0.717) is 0 Å². The van der Waals surface area contributed by atoms with Gasteiger partial charge in [0.15, 0.2) is 0 Å². The standard InChI is InChI=1S/C7H2Cl3F3OS/c8-4-1-3(2-5(9)6(4)10)15-14-7(11,12)13/h1-2H. The summed E-state index contributed by atoms with van der Waals surface area (Å²) >= 11 is 16.9. The van der Waals surface area contributed by atoms with Crippen molar-refractivity contribution >= 4 is 46.8 Å². The third kappa shape index (κ3) is 4.28. The average molecular weight is 298 g/mol. The lowest BCUT2D eigenvalue weighted by atomic mass is 10.4. The van der Waals surface area contributed by atoms with Crippen molar-refractivity contribution in [2.45, 2.75) is 11.3 Å². The number of hydrogen-bond acceptors (Lipinski definition) is 2. The summed E-state index contributed by atoms with van der Waals surface area (Å²) in [6, 6.07) is 2.46. The highest BCUT2D eigenvalue weighted by molar-refractivity contribution is 7.94. The highest BCUT2D eigenvalue weighted by Gasteiger charge is 2.30. The number of alkyl halides is 3. The zero-order valence-electron chi connectivity index (χ0n) is 6.74. The summed E-state index contributed by atoms with van der Waals surface area (Å²) in [7, 11) is 0. The second-order valence-corrected chi connectivity index (χ2v) is 4.31. The minimum Gasteiger partial charge on any atom is -0.215 e. The third-order valence-electron chi connectivity index (χ3n) is 1.19. The minimum absolute atomic E-state index is 0.0671. The van der Waals surface area contributed by atoms with E-state index >= 15 is 0 Å². The van der Waals surface area contributed by atoms with Crippen LogP contribution in [0, 0.1) is 0 Å². The first-order valence-corrected chi connectivity index (χ1v) is 5.24. The summed E-state index contributed by atoms with van der Waals surface area (Å²) in [5.41, 5.74) is 0. The van der Waals surface area contributed by atoms with Gasteiger partial charge >= 0.3 is 6.36 Å². The maximum absolute atomic E-state index is 11.7. The van der Waals surface area contributed by atoms with Crippen LogP contribution in [0.5, 0.6) is 0 Å². The molecule has 8 heteroatoms. The molecule has 1 rings (SSSR count). The highest BCUT2D eigenvalue weighted by Crippen LogP contribution is 2.37. The van der Waals surface area contributed by atoms with Gasteiger partial charge in [0.25, 0.3) is 0 Å². The second kappa shape index (κ2) is 5.01. The first-order valence-electron chi connectivity index (χ1n) is 3.36. The van der Waals surface area contributed by atoms with Gasteiger partial charge in [-0.3, -0.25) is 0 Å². The molecule has 1 nitrogen and oxygen atoms in total. The van der Waals surface area contributed by atoms with Crippen molar-refractivity contribution in [3.8, 4) is 0 Å². The Balaban J connectivity index is 2.80. The topological polar surface area (TPSA) is 9.23 Å². The molecule has 0 saturated carbocycles. The molecule has 0 unspecified atom stereocenters. The molecule has 0 fully saturated rings. The van der Waals surface area contributed by atoms with Crippen molar-refractivity contribution in [1.82, 2.24) is 0 Å². The van der Waals surface area contributed by atoms with Crippen molar-refractivity contribution in [2.24, 2.45) is 0 Å². The van der Waals surface area contributed by atoms with E-state index in [2.05, 4.69) is 4.18 Å². The minimum atomic E-state index is -4.72. The fourth-order valence-electron chi connectivity index (χ4n) is 0.676. The van der Waals surface area contributed by atoms with E-state index in [1.807, 2.05) is 0 Å². The Morgan fingerprint density at radius 3 is 1.93 bits per heavy atom. The molecule has 0 aromatic heterocycles. The van der Waals surface area contributed by atoms with Crippen LogP contribution in [0.25, 0.3) is 0 Å². The van der Waals surface area contributed by atoms with Crippen molar-refractivity contribution in [1.29, 1.82) is 0 Å². The van der Waals surface area contributed by atoms with Gasteiger partial charge in [-0.2, -0.15) is 0 Å². The summed E-state index contributed by atoms with van der Waals surface area (Å²) in [4.78, 5) is 0.117. The fourth-order valence-corrected chi connectivity index (χ4v) is 1.92. The van der Waals surface area contributed by atoms with Crippen LogP contribution in [0.15, 0.2) is 17.0 Å². The maximum Gasteiger partial charge on any atom is 0.533 e. The molecule has 0 amide bonds. The molecular formula is C7H2Cl3F3OS. The summed E-state index contributed by atoms with van der Waals surface area (Å²) in [5, 5.41) is 0.226. The third-order valence-corrected chi connectivity index (χ3v) is 3.09. The van der Waals surface area contributed by atoms with Crippen LogP contribution < -0.4 is 0 Å². The van der Waals surface area contributed by atoms with Gasteiger partial charge in [-0.1, -0.05) is 34.8 Å². The molecule has 1 aromatic carbocycles. The van der Waals surface area contributed by atoms with Gasteiger partial charge in [-0.05, 0) is 12.1 Å². The summed E-state index contributed by atoms with van der Waals surface area (Å²) in [5.74, 6) is 0. The molecular weight excluding hydrogens is 295 g/mol. The first kappa shape index (κ1) is 13.3. The summed E-state index contributed by atoms with van der Waals surface area (Å²) < 4.78 is 38.6. The van der Waals surface area contributed by atoms with E-state index in [1.165, 1.54) is 12.1 Å². The van der Waals surface area contributed by atoms with Crippen LogP contribution in [0.4, 0.5) is 13.2 Å². The predicted molar refractivity (Wildman–Crippen MR) is 54.5 cm³/mol. The van der Waals surface area contributed by atoms with Crippen LogP contribution >= 0.6 is 46.8 Å². The lowest BCUT2D eigenvalue weighted by molar-refractivity contribution is -0.266. The largest absolute Gasteiger partial charge is 0.533 e. The van der Waals surface area contributed by atoms with Gasteiger partial charge in [-0.25, -0.2) is 4.18 Å². The zero-order chi connectivity index (χ0) is 11.6. The van der Waals surface area contributed by atoms with Crippen LogP contribution in [0.1, 0.15) is 0 Å². The van der Waals surface area contributed by atoms with E-state index in [0.717, 1.165) is 0 Å². The summed E-state index contributed by atoms with van der Waals surface area (Å²) in [6.07, 6.45) is -4.72. The normalized spacial score (nSPS) is 11.9. The van der Waals surface area contributed by atoms with Crippen LogP contribution in [0.2, 0.25) is 15.1 Å². The monoisotopic (exact) mass is 296 g/mol. The first-order chi connectivity index (χ1) is 6.79. The predicted octanol–water partition coefficient (Wildman–Crippen LogP) is 5.19. The molecule has 84 valence electrons. The lowest BCUT2D eigenvalue weighted by Gasteiger charge is -2.07. The van der Waals surface area contributed by atoms with E-state index in [4.69, 9.17) is 34.8 Å². The Bertz CT molecular complexity index is 346. The van der Waals surface area contributed by atoms with Gasteiger partial charge in [0.1, 0.15) is 0 Å². The molecule has 0 bridgehead atoms. The number of hydrogen-bond donors (Lipinski definition) is 0. The molecule has 0 N–H and O–H groups in total. The van der Waals surface area contributed by atoms with Gasteiger partial charge < -0.3 is 0 Å². The van der Waals surface area contributed by atoms with Crippen molar-refractivity contribution in [2.75, 3.05) is 0 Å². The van der Waals surface area contributed by atoms with Crippen LogP contribution in [-0.2, 0) is 4.18 Å². The highest BCUT2D eigenvalue weighted by atomic mass is 35.5. The molecule has 1 aromatic rings. The van der Waals surface area contributed by atoms with Gasteiger partial charge in [-0.15, -0.1) is 13.2 Å². The molecule has 0 saturated heterocycles. The number of halogens is 6. The van der Waals surface area contributed by atoms with Crippen molar-refractivity contribution in [3.63, 3.8) is 0 Å². The molecule has 0 aliphatic heterocycles. The van der Waals surface area contributed by atoms with Gasteiger partial charge in [0.05, 0.1) is 15.1 Å². The van der Waals surface area contributed by atoms with E-state index in [-0.39, 0.29) is 32.0 Å². The van der Waals surface area contributed by atoms with E-state index in [1.54, 1.807) is 0 Å². The van der Waals surface area contributed by atoms with Crippen LogP contribution in [-0.4, -0.2) is 6.36 Å². The number of benzene rings is 1. The van der Waals surface area contributed by atoms with E-state index in [9.17, 15) is 13.2 Å². The SMILES string of the molecule is FC(F)(F)OSc1cc(Cl)c(Cl)c(Cl)c1. The molecule has 0 atom stereocenters.